The van der Waals surface area contributed by atoms with Crippen molar-refractivity contribution in [1.29, 1.82) is 0 Å². The molecule has 0 saturated heterocycles. The average Bonchev–Trinajstić information content (AvgIpc) is 2.29. The molecular formula is C14H20O2S. The van der Waals surface area contributed by atoms with E-state index in [1.165, 1.54) is 11.1 Å². The number of carbonyl (C=O) groups is 1. The fourth-order valence-corrected chi connectivity index (χ4v) is 2.42. The Morgan fingerprint density at radius 1 is 1.24 bits per heavy atom. The number of hydrogen-bond donors (Lipinski definition) is 1. The van der Waals surface area contributed by atoms with Gasteiger partial charge in [-0.25, -0.2) is 0 Å². The molecule has 2 nitrogen and oxygen atoms in total. The van der Waals surface area contributed by atoms with Crippen molar-refractivity contribution in [2.24, 2.45) is 0 Å². The van der Waals surface area contributed by atoms with Crippen LogP contribution in [0.1, 0.15) is 37.3 Å². The number of carboxylic acid groups (broad SMARTS) is 1. The fourth-order valence-electron chi connectivity index (χ4n) is 1.52. The summed E-state index contributed by atoms with van der Waals surface area (Å²) in [5.41, 5.74) is 2.70. The van der Waals surface area contributed by atoms with Gasteiger partial charge in [0.2, 0.25) is 0 Å². The van der Waals surface area contributed by atoms with Gasteiger partial charge < -0.3 is 5.11 Å². The van der Waals surface area contributed by atoms with Gasteiger partial charge in [0.1, 0.15) is 0 Å². The molecule has 0 heterocycles. The van der Waals surface area contributed by atoms with E-state index in [4.69, 9.17) is 5.11 Å². The molecule has 0 unspecified atom stereocenters. The van der Waals surface area contributed by atoms with Crippen LogP contribution in [-0.4, -0.2) is 22.6 Å². The van der Waals surface area contributed by atoms with E-state index in [1.54, 1.807) is 11.8 Å². The van der Waals surface area contributed by atoms with Gasteiger partial charge in [0.25, 0.3) is 0 Å². The quantitative estimate of drug-likeness (QED) is 0.754. The zero-order valence-corrected chi connectivity index (χ0v) is 11.3. The summed E-state index contributed by atoms with van der Waals surface area (Å²) in [6, 6.07) is 8.71. The third-order valence-corrected chi connectivity index (χ3v) is 3.63. The molecule has 0 spiro atoms. The minimum Gasteiger partial charge on any atom is -0.481 e. The Labute approximate surface area is 107 Å². The minimum atomic E-state index is -0.709. The smallest absolute Gasteiger partial charge is 0.304 e. The Morgan fingerprint density at radius 3 is 2.41 bits per heavy atom. The van der Waals surface area contributed by atoms with Gasteiger partial charge in [-0.05, 0) is 29.2 Å². The molecule has 1 aromatic rings. The number of hydrogen-bond acceptors (Lipinski definition) is 2. The maximum Gasteiger partial charge on any atom is 0.304 e. The second-order valence-electron chi connectivity index (χ2n) is 4.40. The summed E-state index contributed by atoms with van der Waals surface area (Å²) in [4.78, 5) is 10.3. The molecule has 0 aliphatic heterocycles. The fraction of sp³-hybridized carbons (Fsp3) is 0.500. The molecule has 94 valence electrons. The number of aryl methyl sites for hydroxylation is 1. The van der Waals surface area contributed by atoms with Crippen LogP contribution < -0.4 is 0 Å². The summed E-state index contributed by atoms with van der Waals surface area (Å²) in [6.07, 6.45) is 1.28. The standard InChI is InChI=1S/C14H20O2S/c1-11(2)13-5-3-12(4-6-13)7-9-17-10-8-14(15)16/h3-6,11H,7-10H2,1-2H3,(H,15,16). The van der Waals surface area contributed by atoms with Crippen LogP contribution in [0.5, 0.6) is 0 Å². The van der Waals surface area contributed by atoms with Gasteiger partial charge in [0.15, 0.2) is 0 Å². The summed E-state index contributed by atoms with van der Waals surface area (Å²) in [7, 11) is 0. The molecule has 17 heavy (non-hydrogen) atoms. The van der Waals surface area contributed by atoms with Crippen molar-refractivity contribution in [3.05, 3.63) is 35.4 Å². The first kappa shape index (κ1) is 14.1. The highest BCUT2D eigenvalue weighted by atomic mass is 32.2. The second kappa shape index (κ2) is 7.38. The van der Waals surface area contributed by atoms with E-state index in [2.05, 4.69) is 38.1 Å². The van der Waals surface area contributed by atoms with E-state index in [1.807, 2.05) is 0 Å². The summed E-state index contributed by atoms with van der Waals surface area (Å²) in [5, 5.41) is 8.50. The molecule has 3 heteroatoms. The Morgan fingerprint density at radius 2 is 1.88 bits per heavy atom. The largest absolute Gasteiger partial charge is 0.481 e. The third-order valence-electron chi connectivity index (χ3n) is 2.64. The molecule has 0 atom stereocenters. The Kier molecular flexibility index (Phi) is 6.12. The molecule has 1 aromatic carbocycles. The molecule has 0 aromatic heterocycles. The van der Waals surface area contributed by atoms with Crippen LogP contribution in [0.15, 0.2) is 24.3 Å². The van der Waals surface area contributed by atoms with Crippen molar-refractivity contribution >= 4 is 17.7 Å². The van der Waals surface area contributed by atoms with Gasteiger partial charge >= 0.3 is 5.97 Å². The summed E-state index contributed by atoms with van der Waals surface area (Å²) in [5.74, 6) is 1.57. The molecule has 0 radical (unpaired) electrons. The van der Waals surface area contributed by atoms with Gasteiger partial charge in [0.05, 0.1) is 6.42 Å². The van der Waals surface area contributed by atoms with Crippen molar-refractivity contribution in [2.45, 2.75) is 32.6 Å². The lowest BCUT2D eigenvalue weighted by molar-refractivity contribution is -0.136. The highest BCUT2D eigenvalue weighted by Crippen LogP contribution is 2.16. The van der Waals surface area contributed by atoms with Gasteiger partial charge in [-0.15, -0.1) is 0 Å². The van der Waals surface area contributed by atoms with Crippen molar-refractivity contribution in [1.82, 2.24) is 0 Å². The van der Waals surface area contributed by atoms with Gasteiger partial charge in [-0.1, -0.05) is 38.1 Å². The summed E-state index contributed by atoms with van der Waals surface area (Å²) in [6.45, 7) is 4.38. The van der Waals surface area contributed by atoms with Crippen LogP contribution in [0.3, 0.4) is 0 Å². The molecular weight excluding hydrogens is 232 g/mol. The third kappa shape index (κ3) is 5.78. The molecule has 0 saturated carbocycles. The van der Waals surface area contributed by atoms with Crippen molar-refractivity contribution in [3.8, 4) is 0 Å². The number of benzene rings is 1. The lowest BCUT2D eigenvalue weighted by Crippen LogP contribution is -1.97. The van der Waals surface area contributed by atoms with E-state index >= 15 is 0 Å². The van der Waals surface area contributed by atoms with Gasteiger partial charge in [0, 0.05) is 5.75 Å². The average molecular weight is 252 g/mol. The zero-order chi connectivity index (χ0) is 12.7. The van der Waals surface area contributed by atoms with Crippen LogP contribution in [0.4, 0.5) is 0 Å². The number of carboxylic acids is 1. The van der Waals surface area contributed by atoms with Crippen LogP contribution in [-0.2, 0) is 11.2 Å². The molecule has 0 bridgehead atoms. The van der Waals surface area contributed by atoms with Crippen molar-refractivity contribution < 1.29 is 9.90 Å². The minimum absolute atomic E-state index is 0.261. The summed E-state index contributed by atoms with van der Waals surface area (Å²) >= 11 is 1.71. The first-order chi connectivity index (χ1) is 8.09. The van der Waals surface area contributed by atoms with E-state index in [0.717, 1.165) is 12.2 Å². The van der Waals surface area contributed by atoms with E-state index in [-0.39, 0.29) is 6.42 Å². The first-order valence-corrected chi connectivity index (χ1v) is 7.13. The number of thioether (sulfide) groups is 1. The number of rotatable bonds is 7. The van der Waals surface area contributed by atoms with Crippen LogP contribution >= 0.6 is 11.8 Å². The topological polar surface area (TPSA) is 37.3 Å². The summed E-state index contributed by atoms with van der Waals surface area (Å²) < 4.78 is 0. The maximum absolute atomic E-state index is 10.3. The highest BCUT2D eigenvalue weighted by molar-refractivity contribution is 7.99. The predicted molar refractivity (Wildman–Crippen MR) is 73.8 cm³/mol. The van der Waals surface area contributed by atoms with Gasteiger partial charge in [-0.3, -0.25) is 4.79 Å². The van der Waals surface area contributed by atoms with Crippen molar-refractivity contribution in [2.75, 3.05) is 11.5 Å². The maximum atomic E-state index is 10.3. The number of aliphatic carboxylic acids is 1. The zero-order valence-electron chi connectivity index (χ0n) is 10.5. The molecule has 0 aliphatic rings. The molecule has 0 aliphatic carbocycles. The van der Waals surface area contributed by atoms with E-state index in [9.17, 15) is 4.79 Å². The first-order valence-electron chi connectivity index (χ1n) is 5.98. The monoisotopic (exact) mass is 252 g/mol. The molecule has 0 amide bonds. The van der Waals surface area contributed by atoms with Crippen molar-refractivity contribution in [3.63, 3.8) is 0 Å². The Bertz CT molecular complexity index is 344. The second-order valence-corrected chi connectivity index (χ2v) is 5.63. The Hall–Kier alpha value is -0.960. The van der Waals surface area contributed by atoms with Crippen LogP contribution in [0, 0.1) is 0 Å². The normalized spacial score (nSPS) is 10.8. The van der Waals surface area contributed by atoms with Gasteiger partial charge in [-0.2, -0.15) is 11.8 Å². The molecule has 1 N–H and O–H groups in total. The lowest BCUT2D eigenvalue weighted by atomic mass is 10.0. The highest BCUT2D eigenvalue weighted by Gasteiger charge is 2.00. The van der Waals surface area contributed by atoms with Crippen LogP contribution in [0.2, 0.25) is 0 Å². The predicted octanol–water partition coefficient (Wildman–Crippen LogP) is 3.56. The molecule has 1 rings (SSSR count). The van der Waals surface area contributed by atoms with E-state index < -0.39 is 5.97 Å². The van der Waals surface area contributed by atoms with Crippen LogP contribution in [0.25, 0.3) is 0 Å². The lowest BCUT2D eigenvalue weighted by Gasteiger charge is -2.06. The SMILES string of the molecule is CC(C)c1ccc(CCSCCC(=O)O)cc1. The molecule has 0 fully saturated rings. The Balaban J connectivity index is 2.25. The van der Waals surface area contributed by atoms with E-state index in [0.29, 0.717) is 11.7 Å².